The van der Waals surface area contributed by atoms with Crippen molar-refractivity contribution < 1.29 is 9.59 Å². The average Bonchev–Trinajstić information content (AvgIpc) is 2.64. The number of benzene rings is 1. The molecule has 1 saturated heterocycles. The Morgan fingerprint density at radius 1 is 1.27 bits per heavy atom. The fourth-order valence-electron chi connectivity index (χ4n) is 2.50. The molecule has 136 valence electrons. The Kier molecular flexibility index (Phi) is 6.51. The van der Waals surface area contributed by atoms with Crippen molar-refractivity contribution in [2.45, 2.75) is 11.3 Å². The van der Waals surface area contributed by atoms with E-state index in [0.29, 0.717) is 31.0 Å². The number of amides is 2. The smallest absolute Gasteiger partial charge is 0.239 e. The number of hydrogen-bond donors (Lipinski definition) is 2. The highest BCUT2D eigenvalue weighted by Crippen LogP contribution is 2.21. The first kappa shape index (κ1) is 18.7. The van der Waals surface area contributed by atoms with Gasteiger partial charge in [-0.1, -0.05) is 15.9 Å². The normalized spacial score (nSPS) is 14.0. The molecule has 1 aliphatic rings. The van der Waals surface area contributed by atoms with E-state index in [4.69, 9.17) is 0 Å². The Hall–Kier alpha value is -2.06. The number of carbonyl (C=O) groups is 2. The van der Waals surface area contributed by atoms with E-state index in [1.807, 2.05) is 41.3 Å². The summed E-state index contributed by atoms with van der Waals surface area (Å²) in [5, 5.41) is 5.64. The van der Waals surface area contributed by atoms with Gasteiger partial charge in [0.15, 0.2) is 0 Å². The third-order valence-electron chi connectivity index (χ3n) is 3.81. The lowest BCUT2D eigenvalue weighted by Gasteiger charge is -2.27. The zero-order valence-corrected chi connectivity index (χ0v) is 16.5. The Labute approximate surface area is 164 Å². The van der Waals surface area contributed by atoms with Crippen molar-refractivity contribution in [2.24, 2.45) is 0 Å². The maximum Gasteiger partial charge on any atom is 0.239 e. The molecule has 2 N–H and O–H groups in total. The molecule has 1 aliphatic heterocycles. The molecule has 1 aromatic heterocycles. The number of anilines is 2. The van der Waals surface area contributed by atoms with Crippen molar-refractivity contribution in [3.63, 3.8) is 0 Å². The van der Waals surface area contributed by atoms with Crippen molar-refractivity contribution in [3.8, 4) is 0 Å². The maximum absolute atomic E-state index is 12.1. The predicted molar refractivity (Wildman–Crippen MR) is 108 cm³/mol. The van der Waals surface area contributed by atoms with E-state index in [9.17, 15) is 9.59 Å². The first-order valence-corrected chi connectivity index (χ1v) is 10.0. The summed E-state index contributed by atoms with van der Waals surface area (Å²) in [5.41, 5.74) is 0.661. The average molecular weight is 435 g/mol. The van der Waals surface area contributed by atoms with E-state index in [2.05, 4.69) is 31.5 Å². The molecule has 0 unspecified atom stereocenters. The van der Waals surface area contributed by atoms with Crippen molar-refractivity contribution >= 4 is 51.0 Å². The van der Waals surface area contributed by atoms with Gasteiger partial charge in [-0.3, -0.25) is 9.59 Å². The molecule has 0 atom stereocenters. The van der Waals surface area contributed by atoms with Gasteiger partial charge in [0.05, 0.1) is 18.4 Å². The summed E-state index contributed by atoms with van der Waals surface area (Å²) < 4.78 is 1.04. The lowest BCUT2D eigenvalue weighted by atomic mass is 10.3. The monoisotopic (exact) mass is 434 g/mol. The molecule has 3 rings (SSSR count). The molecule has 2 heterocycles. The Morgan fingerprint density at radius 2 is 2.08 bits per heavy atom. The van der Waals surface area contributed by atoms with Crippen LogP contribution in [0.5, 0.6) is 0 Å². The van der Waals surface area contributed by atoms with Gasteiger partial charge in [-0.05, 0) is 36.4 Å². The van der Waals surface area contributed by atoms with Crippen LogP contribution in [-0.2, 0) is 9.59 Å². The van der Waals surface area contributed by atoms with Gasteiger partial charge < -0.3 is 15.5 Å². The number of halogens is 1. The van der Waals surface area contributed by atoms with E-state index >= 15 is 0 Å². The number of nitrogens with one attached hydrogen (secondary N) is 2. The van der Waals surface area contributed by atoms with Crippen LogP contribution in [0.25, 0.3) is 0 Å². The molecular weight excluding hydrogens is 416 g/mol. The largest absolute Gasteiger partial charge is 0.353 e. The molecule has 2 amide bonds. The maximum atomic E-state index is 12.1. The summed E-state index contributed by atoms with van der Waals surface area (Å²) in [5.74, 6) is 1.41. The number of pyridine rings is 1. The SMILES string of the molecule is O=C1CN(c2ccc(NC(=O)CCSc3ccc(Br)cc3)cn2)CCN1. The lowest BCUT2D eigenvalue weighted by molar-refractivity contribution is -0.120. The number of piperazine rings is 1. The van der Waals surface area contributed by atoms with Crippen LogP contribution in [0.15, 0.2) is 52.0 Å². The molecule has 0 bridgehead atoms. The van der Waals surface area contributed by atoms with Crippen LogP contribution in [-0.4, -0.2) is 42.2 Å². The van der Waals surface area contributed by atoms with Crippen molar-refractivity contribution in [1.82, 2.24) is 10.3 Å². The summed E-state index contributed by atoms with van der Waals surface area (Å²) >= 11 is 5.05. The molecule has 0 saturated carbocycles. The predicted octanol–water partition coefficient (Wildman–Crippen LogP) is 2.90. The van der Waals surface area contributed by atoms with Crippen LogP contribution < -0.4 is 15.5 Å². The third kappa shape index (κ3) is 5.47. The molecule has 0 aliphatic carbocycles. The number of rotatable bonds is 6. The number of thioether (sulfide) groups is 1. The lowest BCUT2D eigenvalue weighted by Crippen LogP contribution is -2.48. The van der Waals surface area contributed by atoms with E-state index in [1.54, 1.807) is 18.0 Å². The molecule has 1 fully saturated rings. The van der Waals surface area contributed by atoms with Crippen LogP contribution in [0.3, 0.4) is 0 Å². The Morgan fingerprint density at radius 3 is 2.77 bits per heavy atom. The van der Waals surface area contributed by atoms with Crippen LogP contribution in [0.4, 0.5) is 11.5 Å². The summed E-state index contributed by atoms with van der Waals surface area (Å²) in [7, 11) is 0. The first-order valence-electron chi connectivity index (χ1n) is 8.26. The number of aromatic nitrogens is 1. The highest BCUT2D eigenvalue weighted by Gasteiger charge is 2.17. The van der Waals surface area contributed by atoms with Gasteiger partial charge >= 0.3 is 0 Å². The van der Waals surface area contributed by atoms with Crippen molar-refractivity contribution in [3.05, 3.63) is 47.1 Å². The topological polar surface area (TPSA) is 74.3 Å². The fraction of sp³-hybridized carbons (Fsp3) is 0.278. The standard InChI is InChI=1S/C18H19BrN4O2S/c19-13-1-4-15(5-2-13)26-10-7-17(24)22-14-3-6-16(21-11-14)23-9-8-20-18(25)12-23/h1-6,11H,7-10,12H2,(H,20,25)(H,22,24). The highest BCUT2D eigenvalue weighted by molar-refractivity contribution is 9.10. The number of hydrogen-bond acceptors (Lipinski definition) is 5. The second kappa shape index (κ2) is 9.05. The Bertz CT molecular complexity index is 768. The van der Waals surface area contributed by atoms with Crippen molar-refractivity contribution in [1.29, 1.82) is 0 Å². The molecular formula is C18H19BrN4O2S. The van der Waals surface area contributed by atoms with Crippen LogP contribution in [0, 0.1) is 0 Å². The zero-order valence-electron chi connectivity index (χ0n) is 14.1. The fourth-order valence-corrected chi connectivity index (χ4v) is 3.61. The quantitative estimate of drug-likeness (QED) is 0.683. The minimum absolute atomic E-state index is 0.00120. The molecule has 8 heteroatoms. The zero-order chi connectivity index (χ0) is 18.4. The first-order chi connectivity index (χ1) is 12.6. The molecule has 0 spiro atoms. The van der Waals surface area contributed by atoms with Gasteiger partial charge in [0, 0.05) is 34.6 Å². The summed E-state index contributed by atoms with van der Waals surface area (Å²) in [6.07, 6.45) is 2.05. The van der Waals surface area contributed by atoms with Crippen LogP contribution in [0.2, 0.25) is 0 Å². The van der Waals surface area contributed by atoms with Crippen molar-refractivity contribution in [2.75, 3.05) is 35.6 Å². The minimum Gasteiger partial charge on any atom is -0.353 e. The highest BCUT2D eigenvalue weighted by atomic mass is 79.9. The van der Waals surface area contributed by atoms with Gasteiger partial charge in [0.25, 0.3) is 0 Å². The second-order valence-corrected chi connectivity index (χ2v) is 7.86. The van der Waals surface area contributed by atoms with E-state index in [-0.39, 0.29) is 11.8 Å². The van der Waals surface area contributed by atoms with Gasteiger partial charge in [-0.15, -0.1) is 11.8 Å². The van der Waals surface area contributed by atoms with Gasteiger partial charge in [-0.25, -0.2) is 4.98 Å². The summed E-state index contributed by atoms with van der Waals surface area (Å²) in [4.78, 5) is 30.9. The van der Waals surface area contributed by atoms with E-state index < -0.39 is 0 Å². The third-order valence-corrected chi connectivity index (χ3v) is 5.35. The van der Waals surface area contributed by atoms with Crippen LogP contribution >= 0.6 is 27.7 Å². The summed E-state index contributed by atoms with van der Waals surface area (Å²) in [6, 6.07) is 11.7. The molecule has 6 nitrogen and oxygen atoms in total. The molecule has 26 heavy (non-hydrogen) atoms. The van der Waals surface area contributed by atoms with Gasteiger partial charge in [-0.2, -0.15) is 0 Å². The molecule has 0 radical (unpaired) electrons. The minimum atomic E-state index is -0.0403. The van der Waals surface area contributed by atoms with Gasteiger partial charge in [0.1, 0.15) is 5.82 Å². The second-order valence-electron chi connectivity index (χ2n) is 5.78. The van der Waals surface area contributed by atoms with E-state index in [1.165, 1.54) is 0 Å². The Balaban J connectivity index is 1.45. The van der Waals surface area contributed by atoms with Gasteiger partial charge in [0.2, 0.25) is 11.8 Å². The molecule has 1 aromatic carbocycles. The van der Waals surface area contributed by atoms with Crippen LogP contribution in [0.1, 0.15) is 6.42 Å². The summed E-state index contributed by atoms with van der Waals surface area (Å²) in [6.45, 7) is 1.67. The molecule has 2 aromatic rings. The number of carbonyl (C=O) groups excluding carboxylic acids is 2. The number of nitrogens with zero attached hydrogens (tertiary/aromatic N) is 2. The van der Waals surface area contributed by atoms with E-state index in [0.717, 1.165) is 21.7 Å².